The van der Waals surface area contributed by atoms with Gasteiger partial charge >= 0.3 is 0 Å². The molecule has 1 fully saturated rings. The lowest BCUT2D eigenvalue weighted by atomic mass is 9.86. The summed E-state index contributed by atoms with van der Waals surface area (Å²) < 4.78 is 2.60. The molecular weight excluding hydrogens is 230 g/mol. The highest BCUT2D eigenvalue weighted by molar-refractivity contribution is 7.99. The van der Waals surface area contributed by atoms with Gasteiger partial charge in [0, 0.05) is 35.1 Å². The largest absolute Gasteiger partial charge is 0.333 e. The summed E-state index contributed by atoms with van der Waals surface area (Å²) in [6.07, 6.45) is 7.41. The maximum Gasteiger partial charge on any atom is 0.0948 e. The van der Waals surface area contributed by atoms with E-state index in [0.29, 0.717) is 0 Å². The maximum atomic E-state index is 4.36. The van der Waals surface area contributed by atoms with E-state index in [1.54, 1.807) is 0 Å². The first-order valence-corrected chi connectivity index (χ1v) is 7.46. The van der Waals surface area contributed by atoms with E-state index in [0.717, 1.165) is 19.6 Å². The maximum absolute atomic E-state index is 4.36. The fourth-order valence-electron chi connectivity index (χ4n) is 2.46. The fourth-order valence-corrected chi connectivity index (χ4v) is 2.73. The lowest BCUT2D eigenvalue weighted by Gasteiger charge is -2.29. The fraction of sp³-hybridized carbons (Fsp3) is 0.769. The van der Waals surface area contributed by atoms with Crippen LogP contribution in [0.5, 0.6) is 0 Å². The van der Waals surface area contributed by atoms with Gasteiger partial charge in [-0.2, -0.15) is 11.8 Å². The number of hydrogen-bond acceptors (Lipinski definition) is 3. The summed E-state index contributed by atoms with van der Waals surface area (Å²) in [5, 5.41) is 3.46. The van der Waals surface area contributed by atoms with E-state index in [1.165, 1.54) is 12.1 Å². The Morgan fingerprint density at radius 1 is 1.59 bits per heavy atom. The Kier molecular flexibility index (Phi) is 3.55. The average Bonchev–Trinajstić information content (AvgIpc) is 2.87. The molecule has 0 spiro atoms. The minimum Gasteiger partial charge on any atom is -0.333 e. The van der Waals surface area contributed by atoms with Gasteiger partial charge in [-0.05, 0) is 33.1 Å². The Hall–Kier alpha value is -0.480. The van der Waals surface area contributed by atoms with Crippen LogP contribution in [0.4, 0.5) is 0 Å². The van der Waals surface area contributed by atoms with Gasteiger partial charge in [-0.3, -0.25) is 0 Å². The van der Waals surface area contributed by atoms with Crippen LogP contribution in [-0.2, 0) is 12.0 Å². The molecule has 1 aromatic rings. The van der Waals surface area contributed by atoms with Crippen molar-refractivity contribution in [2.75, 3.05) is 19.3 Å². The monoisotopic (exact) mass is 253 g/mol. The zero-order valence-electron chi connectivity index (χ0n) is 11.3. The summed E-state index contributed by atoms with van der Waals surface area (Å²) in [6.45, 7) is 10.1. The van der Waals surface area contributed by atoms with Gasteiger partial charge in [0.2, 0.25) is 0 Å². The smallest absolute Gasteiger partial charge is 0.0948 e. The van der Waals surface area contributed by atoms with Gasteiger partial charge in [0.25, 0.3) is 0 Å². The molecular formula is C13H23N3S. The Morgan fingerprint density at radius 3 is 2.94 bits per heavy atom. The average molecular weight is 253 g/mol. The van der Waals surface area contributed by atoms with Crippen LogP contribution in [0.1, 0.15) is 32.9 Å². The third-order valence-corrected chi connectivity index (χ3v) is 5.04. The summed E-state index contributed by atoms with van der Waals surface area (Å²) in [7, 11) is 0. The second kappa shape index (κ2) is 4.65. The van der Waals surface area contributed by atoms with Gasteiger partial charge in [0.1, 0.15) is 0 Å². The molecule has 4 heteroatoms. The van der Waals surface area contributed by atoms with Crippen LogP contribution < -0.4 is 5.32 Å². The molecule has 0 amide bonds. The van der Waals surface area contributed by atoms with Crippen molar-refractivity contribution in [1.29, 1.82) is 0 Å². The van der Waals surface area contributed by atoms with E-state index in [-0.39, 0.29) is 10.2 Å². The van der Waals surface area contributed by atoms with Crippen molar-refractivity contribution in [3.05, 3.63) is 18.2 Å². The van der Waals surface area contributed by atoms with E-state index in [9.17, 15) is 0 Å². The Balaban J connectivity index is 2.22. The molecule has 0 aromatic carbocycles. The van der Waals surface area contributed by atoms with Gasteiger partial charge in [-0.25, -0.2) is 4.98 Å². The molecule has 1 atom stereocenters. The molecule has 1 aliphatic heterocycles. The number of aromatic nitrogens is 2. The molecule has 0 saturated carbocycles. The summed E-state index contributed by atoms with van der Waals surface area (Å²) >= 11 is 1.91. The molecule has 17 heavy (non-hydrogen) atoms. The molecule has 1 unspecified atom stereocenters. The number of hydrogen-bond donors (Lipinski definition) is 1. The predicted octanol–water partition coefficient (Wildman–Crippen LogP) is 2.28. The van der Waals surface area contributed by atoms with E-state index in [1.807, 2.05) is 24.3 Å². The van der Waals surface area contributed by atoms with Crippen molar-refractivity contribution in [2.45, 2.75) is 43.9 Å². The Labute approximate surface area is 108 Å². The summed E-state index contributed by atoms with van der Waals surface area (Å²) in [5.74, 6) is 0. The SMILES string of the molecule is CSC(C)(C)Cn1cncc1C1(C)CCNC1. The summed E-state index contributed by atoms with van der Waals surface area (Å²) in [5.41, 5.74) is 1.63. The molecule has 3 nitrogen and oxygen atoms in total. The molecule has 1 aromatic heterocycles. The lowest BCUT2D eigenvalue weighted by Crippen LogP contribution is -2.31. The zero-order valence-corrected chi connectivity index (χ0v) is 12.1. The van der Waals surface area contributed by atoms with Gasteiger partial charge < -0.3 is 9.88 Å². The lowest BCUT2D eigenvalue weighted by molar-refractivity contribution is 0.453. The molecule has 2 rings (SSSR count). The Bertz CT molecular complexity index is 378. The van der Waals surface area contributed by atoms with Crippen LogP contribution in [0.3, 0.4) is 0 Å². The topological polar surface area (TPSA) is 29.9 Å². The highest BCUT2D eigenvalue weighted by Crippen LogP contribution is 2.32. The number of thioether (sulfide) groups is 1. The van der Waals surface area contributed by atoms with Gasteiger partial charge in [0.15, 0.2) is 0 Å². The van der Waals surface area contributed by atoms with E-state index >= 15 is 0 Å². The molecule has 2 heterocycles. The van der Waals surface area contributed by atoms with E-state index in [2.05, 4.69) is 41.9 Å². The van der Waals surface area contributed by atoms with Crippen molar-refractivity contribution in [2.24, 2.45) is 0 Å². The van der Waals surface area contributed by atoms with E-state index in [4.69, 9.17) is 0 Å². The van der Waals surface area contributed by atoms with Crippen LogP contribution in [0.2, 0.25) is 0 Å². The second-order valence-corrected chi connectivity index (χ2v) is 7.37. The van der Waals surface area contributed by atoms with E-state index < -0.39 is 0 Å². The van der Waals surface area contributed by atoms with Crippen molar-refractivity contribution in [3.8, 4) is 0 Å². The van der Waals surface area contributed by atoms with Crippen LogP contribution in [0.25, 0.3) is 0 Å². The molecule has 1 aliphatic rings. The van der Waals surface area contributed by atoms with Crippen molar-refractivity contribution < 1.29 is 0 Å². The van der Waals surface area contributed by atoms with Gasteiger partial charge in [-0.1, -0.05) is 6.92 Å². The third kappa shape index (κ3) is 2.68. The molecule has 96 valence electrons. The highest BCUT2D eigenvalue weighted by atomic mass is 32.2. The zero-order chi connectivity index (χ0) is 12.5. The number of nitrogens with one attached hydrogen (secondary N) is 1. The molecule has 1 saturated heterocycles. The predicted molar refractivity (Wildman–Crippen MR) is 74.7 cm³/mol. The number of nitrogens with zero attached hydrogens (tertiary/aromatic N) is 2. The highest BCUT2D eigenvalue weighted by Gasteiger charge is 2.34. The van der Waals surface area contributed by atoms with Crippen LogP contribution >= 0.6 is 11.8 Å². The third-order valence-electron chi connectivity index (χ3n) is 3.80. The van der Waals surface area contributed by atoms with Crippen LogP contribution in [0.15, 0.2) is 12.5 Å². The minimum atomic E-state index is 0.255. The van der Waals surface area contributed by atoms with Crippen molar-refractivity contribution in [3.63, 3.8) is 0 Å². The number of rotatable bonds is 4. The van der Waals surface area contributed by atoms with Gasteiger partial charge in [0.05, 0.1) is 6.33 Å². The first kappa shape index (κ1) is 13.0. The quantitative estimate of drug-likeness (QED) is 0.893. The van der Waals surface area contributed by atoms with Crippen molar-refractivity contribution in [1.82, 2.24) is 14.9 Å². The first-order chi connectivity index (χ1) is 7.97. The molecule has 0 aliphatic carbocycles. The first-order valence-electron chi connectivity index (χ1n) is 6.23. The standard InChI is InChI=1S/C13H23N3S/c1-12(2,17-4)9-16-10-15-7-11(16)13(3)5-6-14-8-13/h7,10,14H,5-6,8-9H2,1-4H3. The summed E-state index contributed by atoms with van der Waals surface area (Å²) in [6, 6.07) is 0. The Morgan fingerprint density at radius 2 is 2.35 bits per heavy atom. The molecule has 0 radical (unpaired) electrons. The van der Waals surface area contributed by atoms with Gasteiger partial charge in [-0.15, -0.1) is 0 Å². The molecule has 1 N–H and O–H groups in total. The minimum absolute atomic E-state index is 0.255. The second-order valence-electron chi connectivity index (χ2n) is 5.86. The number of imidazole rings is 1. The van der Waals surface area contributed by atoms with Crippen molar-refractivity contribution >= 4 is 11.8 Å². The van der Waals surface area contributed by atoms with Crippen LogP contribution in [0, 0.1) is 0 Å². The molecule has 0 bridgehead atoms. The van der Waals surface area contributed by atoms with Crippen LogP contribution in [-0.4, -0.2) is 33.6 Å². The normalized spacial score (nSPS) is 25.4. The summed E-state index contributed by atoms with van der Waals surface area (Å²) in [4.78, 5) is 4.36.